The van der Waals surface area contributed by atoms with E-state index in [4.69, 9.17) is 10.0 Å². The van der Waals surface area contributed by atoms with Crippen LogP contribution in [0.15, 0.2) is 12.1 Å². The maximum Gasteiger partial charge on any atom is 0.488 e. The molecule has 0 aliphatic heterocycles. The van der Waals surface area contributed by atoms with Crippen molar-refractivity contribution in [2.45, 2.75) is 40.0 Å². The minimum Gasteiger partial charge on any atom is -0.423 e. The summed E-state index contributed by atoms with van der Waals surface area (Å²) >= 11 is 0. The molecule has 1 rings (SSSR count). The Morgan fingerprint density at radius 3 is 2.47 bits per heavy atom. The quantitative estimate of drug-likeness (QED) is 0.768. The monoisotopic (exact) mass is 238 g/mol. The highest BCUT2D eigenvalue weighted by molar-refractivity contribution is 6.58. The Morgan fingerprint density at radius 1 is 1.35 bits per heavy atom. The molecule has 4 heteroatoms. The molecule has 0 spiro atoms. The van der Waals surface area contributed by atoms with Crippen molar-refractivity contribution in [2.75, 3.05) is 0 Å². The smallest absolute Gasteiger partial charge is 0.423 e. The highest BCUT2D eigenvalue weighted by Crippen LogP contribution is 2.17. The van der Waals surface area contributed by atoms with E-state index in [-0.39, 0.29) is 11.3 Å². The lowest BCUT2D eigenvalue weighted by molar-refractivity contribution is 0.425. The Labute approximate surface area is 103 Å². The Kier molecular flexibility index (Phi) is 5.15. The zero-order valence-electron chi connectivity index (χ0n) is 10.7. The van der Waals surface area contributed by atoms with Crippen LogP contribution in [-0.2, 0) is 6.42 Å². The molecule has 0 amide bonds. The molecule has 0 aliphatic rings. The molecule has 1 aromatic rings. The van der Waals surface area contributed by atoms with Gasteiger partial charge in [0.25, 0.3) is 0 Å². The predicted octanol–water partition coefficient (Wildman–Crippen LogP) is 1.79. The van der Waals surface area contributed by atoms with E-state index in [0.29, 0.717) is 17.9 Å². The molecule has 0 aliphatic carbocycles. The number of hydrogen-bond acceptors (Lipinski definition) is 2. The molecule has 1 atom stereocenters. The van der Waals surface area contributed by atoms with Crippen molar-refractivity contribution >= 4 is 12.6 Å². The van der Waals surface area contributed by atoms with Gasteiger partial charge in [0.2, 0.25) is 0 Å². The van der Waals surface area contributed by atoms with Crippen LogP contribution in [0, 0.1) is 18.7 Å². The molecule has 0 saturated carbocycles. The first kappa shape index (κ1) is 14.2. The number of hydrogen-bond donors (Lipinski definition) is 2. The normalized spacial score (nSPS) is 12.6. The van der Waals surface area contributed by atoms with Crippen LogP contribution in [0.2, 0.25) is 0 Å². The van der Waals surface area contributed by atoms with Crippen LogP contribution in [0.3, 0.4) is 0 Å². The lowest BCUT2D eigenvalue weighted by atomic mass is 9.78. The summed E-state index contributed by atoms with van der Waals surface area (Å²) < 4.78 is 13.8. The molecule has 0 bridgehead atoms. The molecule has 0 aromatic heterocycles. The second kappa shape index (κ2) is 6.17. The van der Waals surface area contributed by atoms with Crippen molar-refractivity contribution in [3.8, 4) is 0 Å². The molecule has 17 heavy (non-hydrogen) atoms. The third-order valence-electron chi connectivity index (χ3n) is 3.32. The van der Waals surface area contributed by atoms with E-state index < -0.39 is 7.12 Å². The molecule has 0 heterocycles. The summed E-state index contributed by atoms with van der Waals surface area (Å²) in [7, 11) is -1.60. The Balaban J connectivity index is 2.86. The topological polar surface area (TPSA) is 40.5 Å². The Hall–Kier alpha value is -0.865. The van der Waals surface area contributed by atoms with Crippen molar-refractivity contribution in [3.05, 3.63) is 29.1 Å². The van der Waals surface area contributed by atoms with Gasteiger partial charge in [-0.3, -0.25) is 0 Å². The van der Waals surface area contributed by atoms with Gasteiger partial charge in [0, 0.05) is 0 Å². The summed E-state index contributed by atoms with van der Waals surface area (Å²) in [5.74, 6) is 0.244. The fourth-order valence-corrected chi connectivity index (χ4v) is 1.86. The molecule has 0 unspecified atom stereocenters. The van der Waals surface area contributed by atoms with Gasteiger partial charge in [-0.1, -0.05) is 26.3 Å². The summed E-state index contributed by atoms with van der Waals surface area (Å²) in [4.78, 5) is 0. The van der Waals surface area contributed by atoms with Crippen LogP contribution in [0.25, 0.3) is 0 Å². The van der Waals surface area contributed by atoms with Gasteiger partial charge in [-0.2, -0.15) is 0 Å². The summed E-state index contributed by atoms with van der Waals surface area (Å²) in [5.41, 5.74) is 1.69. The summed E-state index contributed by atoms with van der Waals surface area (Å²) in [6.07, 6.45) is 2.75. The lowest BCUT2D eigenvalue weighted by Gasteiger charge is -2.12. The first-order chi connectivity index (χ1) is 7.95. The average molecular weight is 238 g/mol. The Morgan fingerprint density at radius 2 is 2.00 bits per heavy atom. The van der Waals surface area contributed by atoms with Crippen LogP contribution in [0.4, 0.5) is 4.39 Å². The fourth-order valence-electron chi connectivity index (χ4n) is 1.86. The summed E-state index contributed by atoms with van der Waals surface area (Å²) in [6.45, 7) is 6.08. The average Bonchev–Trinajstić information content (AvgIpc) is 2.27. The van der Waals surface area contributed by atoms with Crippen LogP contribution >= 0.6 is 0 Å². The van der Waals surface area contributed by atoms with Gasteiger partial charge >= 0.3 is 7.12 Å². The molecule has 0 saturated heterocycles. The molecular weight excluding hydrogens is 218 g/mol. The van der Waals surface area contributed by atoms with Gasteiger partial charge in [0.1, 0.15) is 5.82 Å². The molecule has 2 nitrogen and oxygen atoms in total. The van der Waals surface area contributed by atoms with E-state index >= 15 is 0 Å². The van der Waals surface area contributed by atoms with Crippen molar-refractivity contribution in [1.29, 1.82) is 0 Å². The largest absolute Gasteiger partial charge is 0.488 e. The summed E-state index contributed by atoms with van der Waals surface area (Å²) in [6, 6.07) is 2.85. The number of benzene rings is 1. The second-order valence-corrected chi connectivity index (χ2v) is 4.72. The van der Waals surface area contributed by atoms with Crippen molar-refractivity contribution in [2.24, 2.45) is 5.92 Å². The highest BCUT2D eigenvalue weighted by Gasteiger charge is 2.16. The van der Waals surface area contributed by atoms with Crippen LogP contribution in [-0.4, -0.2) is 17.2 Å². The number of rotatable bonds is 5. The van der Waals surface area contributed by atoms with Gasteiger partial charge in [-0.15, -0.1) is 0 Å². The van der Waals surface area contributed by atoms with Crippen molar-refractivity contribution in [1.82, 2.24) is 0 Å². The van der Waals surface area contributed by atoms with Gasteiger partial charge in [0.05, 0.1) is 0 Å². The molecular formula is C13H20BFO2. The van der Waals surface area contributed by atoms with E-state index in [9.17, 15) is 4.39 Å². The van der Waals surface area contributed by atoms with E-state index in [1.54, 1.807) is 13.0 Å². The number of halogens is 1. The second-order valence-electron chi connectivity index (χ2n) is 4.72. The summed E-state index contributed by atoms with van der Waals surface area (Å²) in [5, 5.41) is 18.0. The van der Waals surface area contributed by atoms with Gasteiger partial charge in [-0.25, -0.2) is 4.39 Å². The zero-order chi connectivity index (χ0) is 13.0. The molecule has 0 fully saturated rings. The van der Waals surface area contributed by atoms with Crippen LogP contribution in [0.1, 0.15) is 37.8 Å². The number of aryl methyl sites for hydroxylation is 1. The van der Waals surface area contributed by atoms with Crippen LogP contribution in [0.5, 0.6) is 0 Å². The maximum absolute atomic E-state index is 13.8. The third kappa shape index (κ3) is 3.82. The van der Waals surface area contributed by atoms with E-state index in [1.807, 2.05) is 0 Å². The van der Waals surface area contributed by atoms with Crippen molar-refractivity contribution in [3.63, 3.8) is 0 Å². The third-order valence-corrected chi connectivity index (χ3v) is 3.32. The van der Waals surface area contributed by atoms with Crippen molar-refractivity contribution < 1.29 is 14.4 Å². The minimum absolute atomic E-state index is 0.215. The van der Waals surface area contributed by atoms with E-state index in [1.165, 1.54) is 6.07 Å². The van der Waals surface area contributed by atoms with E-state index in [0.717, 1.165) is 18.4 Å². The standard InChI is InChI=1S/C13H20BFO2/c1-4-9(2)5-6-12-10(3)7-11(14(16)17)8-13(12)15/h7-9,16-17H,4-6H2,1-3H3/t9-/m0/s1. The van der Waals surface area contributed by atoms with Crippen LogP contribution < -0.4 is 5.46 Å². The molecule has 1 aromatic carbocycles. The van der Waals surface area contributed by atoms with Gasteiger partial charge in [-0.05, 0) is 48.3 Å². The maximum atomic E-state index is 13.8. The molecule has 0 radical (unpaired) electrons. The first-order valence-corrected chi connectivity index (χ1v) is 6.10. The predicted molar refractivity (Wildman–Crippen MR) is 68.7 cm³/mol. The van der Waals surface area contributed by atoms with E-state index in [2.05, 4.69) is 13.8 Å². The first-order valence-electron chi connectivity index (χ1n) is 6.10. The Bertz CT molecular complexity index is 357. The molecule has 2 N–H and O–H groups in total. The molecule has 94 valence electrons. The van der Waals surface area contributed by atoms with Gasteiger partial charge < -0.3 is 10.0 Å². The highest BCUT2D eigenvalue weighted by atomic mass is 19.1. The minimum atomic E-state index is -1.60. The SMILES string of the molecule is CC[C@H](C)CCc1c(C)cc(B(O)O)cc1F. The zero-order valence-corrected chi connectivity index (χ0v) is 10.7. The van der Waals surface area contributed by atoms with Gasteiger partial charge in [0.15, 0.2) is 0 Å². The lowest BCUT2D eigenvalue weighted by Crippen LogP contribution is -2.30. The fraction of sp³-hybridized carbons (Fsp3) is 0.538.